The van der Waals surface area contributed by atoms with Crippen LogP contribution < -0.4 is 10.9 Å². The van der Waals surface area contributed by atoms with E-state index in [-0.39, 0.29) is 35.0 Å². The molecule has 1 atom stereocenters. The zero-order chi connectivity index (χ0) is 17.5. The summed E-state index contributed by atoms with van der Waals surface area (Å²) >= 11 is 1.07. The van der Waals surface area contributed by atoms with Gasteiger partial charge in [-0.3, -0.25) is 14.4 Å². The number of nitrogens with zero attached hydrogens (tertiary/aromatic N) is 1. The molecule has 128 valence electrons. The van der Waals surface area contributed by atoms with Crippen molar-refractivity contribution in [3.05, 3.63) is 46.3 Å². The third kappa shape index (κ3) is 5.27. The van der Waals surface area contributed by atoms with Gasteiger partial charge >= 0.3 is 5.97 Å². The van der Waals surface area contributed by atoms with E-state index in [0.717, 1.165) is 11.8 Å². The van der Waals surface area contributed by atoms with Crippen molar-refractivity contribution in [2.75, 3.05) is 12.9 Å². The summed E-state index contributed by atoms with van der Waals surface area (Å²) in [7, 11) is 1.26. The van der Waals surface area contributed by atoms with Crippen molar-refractivity contribution >= 4 is 23.6 Å². The van der Waals surface area contributed by atoms with Crippen molar-refractivity contribution in [2.45, 2.75) is 24.5 Å². The van der Waals surface area contributed by atoms with Crippen molar-refractivity contribution in [1.29, 1.82) is 0 Å². The number of thioether (sulfide) groups is 1. The average molecular weight is 351 g/mol. The van der Waals surface area contributed by atoms with Crippen LogP contribution in [0, 0.1) is 0 Å². The van der Waals surface area contributed by atoms with Gasteiger partial charge in [0.15, 0.2) is 5.16 Å². The van der Waals surface area contributed by atoms with Crippen molar-refractivity contribution < 1.29 is 18.7 Å². The van der Waals surface area contributed by atoms with Gasteiger partial charge in [-0.05, 0) is 19.1 Å². The lowest BCUT2D eigenvalue weighted by Gasteiger charge is -2.11. The van der Waals surface area contributed by atoms with Crippen molar-refractivity contribution in [2.24, 2.45) is 0 Å². The highest BCUT2D eigenvalue weighted by molar-refractivity contribution is 7.99. The summed E-state index contributed by atoms with van der Waals surface area (Å²) in [4.78, 5) is 41.4. The highest BCUT2D eigenvalue weighted by Crippen LogP contribution is 2.14. The van der Waals surface area contributed by atoms with E-state index in [9.17, 15) is 14.4 Å². The Kier molecular flexibility index (Phi) is 6.19. The highest BCUT2D eigenvalue weighted by atomic mass is 32.2. The number of rotatable bonds is 7. The molecule has 0 aliphatic rings. The van der Waals surface area contributed by atoms with Gasteiger partial charge in [0.1, 0.15) is 5.76 Å². The molecule has 0 unspecified atom stereocenters. The predicted octanol–water partition coefficient (Wildman–Crippen LogP) is 1.05. The van der Waals surface area contributed by atoms with Crippen molar-refractivity contribution in [3.8, 4) is 0 Å². The molecule has 0 bridgehead atoms. The summed E-state index contributed by atoms with van der Waals surface area (Å²) in [6, 6.07) is 4.48. The topological polar surface area (TPSA) is 114 Å². The Hall–Kier alpha value is -2.55. The van der Waals surface area contributed by atoms with Crippen molar-refractivity contribution in [1.82, 2.24) is 15.3 Å². The van der Waals surface area contributed by atoms with Crippen LogP contribution in [-0.2, 0) is 20.7 Å². The van der Waals surface area contributed by atoms with E-state index in [1.165, 1.54) is 19.4 Å². The number of amides is 1. The van der Waals surface area contributed by atoms with Gasteiger partial charge < -0.3 is 19.5 Å². The number of esters is 1. The third-order valence-electron chi connectivity index (χ3n) is 3.01. The van der Waals surface area contributed by atoms with Crippen LogP contribution in [0.1, 0.15) is 24.4 Å². The average Bonchev–Trinajstić information content (AvgIpc) is 3.07. The van der Waals surface area contributed by atoms with Crippen LogP contribution in [0.25, 0.3) is 0 Å². The summed E-state index contributed by atoms with van der Waals surface area (Å²) in [6.07, 6.45) is 1.43. The van der Waals surface area contributed by atoms with E-state index in [4.69, 9.17) is 4.42 Å². The summed E-state index contributed by atoms with van der Waals surface area (Å²) in [5, 5.41) is 3.04. The molecule has 0 aliphatic carbocycles. The second kappa shape index (κ2) is 8.34. The minimum absolute atomic E-state index is 0.0651. The number of methoxy groups -OCH3 is 1. The molecular weight excluding hydrogens is 334 g/mol. The van der Waals surface area contributed by atoms with Gasteiger partial charge in [-0.15, -0.1) is 0 Å². The van der Waals surface area contributed by atoms with Crippen LogP contribution >= 0.6 is 11.8 Å². The quantitative estimate of drug-likeness (QED) is 0.435. The molecule has 0 aliphatic heterocycles. The number of carbonyl (C=O) groups is 2. The zero-order valence-corrected chi connectivity index (χ0v) is 14.0. The van der Waals surface area contributed by atoms with Crippen LogP contribution in [0.2, 0.25) is 0 Å². The van der Waals surface area contributed by atoms with E-state index in [1.807, 2.05) is 0 Å². The molecule has 8 nitrogen and oxygen atoms in total. The number of hydrogen-bond acceptors (Lipinski definition) is 7. The Morgan fingerprint density at radius 3 is 2.96 bits per heavy atom. The fourth-order valence-corrected chi connectivity index (χ4v) is 2.59. The van der Waals surface area contributed by atoms with E-state index in [1.54, 1.807) is 19.1 Å². The number of ether oxygens (including phenoxy) is 1. The fourth-order valence-electron chi connectivity index (χ4n) is 1.89. The van der Waals surface area contributed by atoms with Gasteiger partial charge in [-0.25, -0.2) is 4.98 Å². The molecule has 2 rings (SSSR count). The smallest absolute Gasteiger partial charge is 0.311 e. The standard InChI is InChI=1S/C15H17N3O5S/c1-9(11-4-3-5-23-11)16-13(20)8-24-15-17-10(6-12(19)18-15)7-14(21)22-2/h3-6,9H,7-8H2,1-2H3,(H,16,20)(H,17,18,19)/t9-/m0/s1. The van der Waals surface area contributed by atoms with Gasteiger partial charge in [0.2, 0.25) is 5.91 Å². The number of nitrogens with one attached hydrogen (secondary N) is 2. The number of furan rings is 1. The molecular formula is C15H17N3O5S. The van der Waals surface area contributed by atoms with Gasteiger partial charge in [-0.2, -0.15) is 0 Å². The van der Waals surface area contributed by atoms with Gasteiger partial charge in [0.25, 0.3) is 5.56 Å². The minimum atomic E-state index is -0.492. The Labute approximate surface area is 142 Å². The van der Waals surface area contributed by atoms with E-state index >= 15 is 0 Å². The first-order chi connectivity index (χ1) is 11.5. The maximum absolute atomic E-state index is 11.9. The zero-order valence-electron chi connectivity index (χ0n) is 13.2. The molecule has 2 heterocycles. The van der Waals surface area contributed by atoms with E-state index < -0.39 is 11.5 Å². The first kappa shape index (κ1) is 17.8. The van der Waals surface area contributed by atoms with Gasteiger partial charge in [0.05, 0.1) is 37.3 Å². The second-order valence-electron chi connectivity index (χ2n) is 4.89. The summed E-state index contributed by atoms with van der Waals surface area (Å²) < 4.78 is 9.75. The molecule has 9 heteroatoms. The maximum Gasteiger partial charge on any atom is 0.311 e. The second-order valence-corrected chi connectivity index (χ2v) is 5.85. The summed E-state index contributed by atoms with van der Waals surface area (Å²) in [5.74, 6) is -0.00528. The molecule has 0 fully saturated rings. The van der Waals surface area contributed by atoms with Crippen molar-refractivity contribution in [3.63, 3.8) is 0 Å². The van der Waals surface area contributed by atoms with Crippen LogP contribution in [0.5, 0.6) is 0 Å². The Morgan fingerprint density at radius 2 is 2.29 bits per heavy atom. The Bertz CT molecular complexity index is 757. The lowest BCUT2D eigenvalue weighted by atomic mass is 10.2. The molecule has 2 N–H and O–H groups in total. The lowest BCUT2D eigenvalue weighted by Crippen LogP contribution is -2.28. The van der Waals surface area contributed by atoms with Crippen LogP contribution in [0.3, 0.4) is 0 Å². The highest BCUT2D eigenvalue weighted by Gasteiger charge is 2.13. The normalized spacial score (nSPS) is 11.8. The number of H-pyrrole nitrogens is 1. The Morgan fingerprint density at radius 1 is 1.50 bits per heavy atom. The largest absolute Gasteiger partial charge is 0.469 e. The van der Waals surface area contributed by atoms with Crippen LogP contribution in [-0.4, -0.2) is 34.7 Å². The first-order valence-corrected chi connectivity index (χ1v) is 8.09. The number of aromatic nitrogens is 2. The third-order valence-corrected chi connectivity index (χ3v) is 3.89. The molecule has 0 aromatic carbocycles. The van der Waals surface area contributed by atoms with Crippen LogP contribution in [0.4, 0.5) is 0 Å². The lowest BCUT2D eigenvalue weighted by molar-refractivity contribution is -0.139. The fraction of sp³-hybridized carbons (Fsp3) is 0.333. The van der Waals surface area contributed by atoms with E-state index in [2.05, 4.69) is 20.0 Å². The molecule has 0 saturated heterocycles. The molecule has 0 saturated carbocycles. The Balaban J connectivity index is 1.92. The number of carbonyl (C=O) groups excluding carboxylic acids is 2. The minimum Gasteiger partial charge on any atom is -0.469 e. The van der Waals surface area contributed by atoms with Crippen LogP contribution in [0.15, 0.2) is 38.8 Å². The number of aromatic amines is 1. The van der Waals surface area contributed by atoms with Gasteiger partial charge in [-0.1, -0.05) is 11.8 Å². The molecule has 2 aromatic rings. The SMILES string of the molecule is COC(=O)Cc1cc(=O)[nH]c(SCC(=O)N[C@@H](C)c2ccco2)n1. The summed E-state index contributed by atoms with van der Waals surface area (Å²) in [6.45, 7) is 1.80. The molecule has 0 spiro atoms. The first-order valence-electron chi connectivity index (χ1n) is 7.10. The van der Waals surface area contributed by atoms with E-state index in [0.29, 0.717) is 5.76 Å². The maximum atomic E-state index is 11.9. The molecule has 0 radical (unpaired) electrons. The number of hydrogen-bond donors (Lipinski definition) is 2. The molecule has 2 aromatic heterocycles. The molecule has 1 amide bonds. The predicted molar refractivity (Wildman–Crippen MR) is 86.6 cm³/mol. The van der Waals surface area contributed by atoms with Gasteiger partial charge in [0, 0.05) is 6.07 Å². The monoisotopic (exact) mass is 351 g/mol. The summed E-state index contributed by atoms with van der Waals surface area (Å²) in [5.41, 5.74) is -0.103. The molecule has 24 heavy (non-hydrogen) atoms.